The minimum atomic E-state index is -1.06. The number of nitrogens with one attached hydrogen (secondary N) is 3. The highest BCUT2D eigenvalue weighted by Crippen LogP contribution is 1.62. The van der Waals surface area contributed by atoms with Crippen molar-refractivity contribution in [3.8, 4) is 0 Å². The number of nitrogens with two attached hydrogens (primary N) is 3. The number of hydrogen-bond acceptors (Lipinski definition) is 5. The molecule has 0 aliphatic heterocycles. The van der Waals surface area contributed by atoms with Crippen molar-refractivity contribution in [2.45, 2.75) is 0 Å². The van der Waals surface area contributed by atoms with Crippen LogP contribution in [0.1, 0.15) is 0 Å². The average Bonchev–Trinajstić information content (AvgIpc) is 2.00. The summed E-state index contributed by atoms with van der Waals surface area (Å²) in [5, 5.41) is 4.79. The van der Waals surface area contributed by atoms with E-state index >= 15 is 0 Å². The number of carbonyl (C=O) groups excluding carboxylic acids is 5. The van der Waals surface area contributed by atoms with E-state index < -0.39 is 24.1 Å². The fraction of sp³-hybridized carbons (Fsp3) is 0. The number of urea groups is 4. The Morgan fingerprint density at radius 2 is 1.19 bits per heavy atom. The minimum absolute atomic E-state index is 0.225. The normalized spacial score (nSPS) is 7.50. The molecule has 90 valence electrons. The average molecular weight is 234 g/mol. The molecule has 16 heavy (non-hydrogen) atoms. The standard InChI is InChI=1S/C3H6N4O3.C2H4N2O2/c4-1(8)6-3(10)7-2(5)9;3-2(6)4-1-5/h(H6,4,5,6,7,8,9,10);1H,(H3,3,4,5,6). The molecule has 0 aromatic rings. The van der Waals surface area contributed by atoms with Crippen molar-refractivity contribution >= 4 is 30.5 Å². The summed E-state index contributed by atoms with van der Waals surface area (Å²) in [5.41, 5.74) is 13.4. The second-order valence-corrected chi connectivity index (χ2v) is 1.93. The Kier molecular flexibility index (Phi) is 8.52. The summed E-state index contributed by atoms with van der Waals surface area (Å²) >= 11 is 0. The number of imide groups is 3. The molecule has 0 saturated heterocycles. The van der Waals surface area contributed by atoms with Gasteiger partial charge < -0.3 is 17.2 Å². The van der Waals surface area contributed by atoms with Gasteiger partial charge in [0.2, 0.25) is 6.41 Å². The van der Waals surface area contributed by atoms with Crippen molar-refractivity contribution in [1.82, 2.24) is 16.0 Å². The van der Waals surface area contributed by atoms with E-state index in [1.807, 2.05) is 0 Å². The predicted octanol–water partition coefficient (Wildman–Crippen LogP) is -2.75. The molecule has 0 aliphatic rings. The van der Waals surface area contributed by atoms with Crippen molar-refractivity contribution in [2.24, 2.45) is 17.2 Å². The first-order valence-electron chi connectivity index (χ1n) is 3.46. The molecule has 0 aromatic heterocycles. The Balaban J connectivity index is 0. The topological polar surface area (TPSA) is 200 Å². The van der Waals surface area contributed by atoms with Crippen molar-refractivity contribution in [3.05, 3.63) is 0 Å². The van der Waals surface area contributed by atoms with Crippen LogP contribution in [0.5, 0.6) is 0 Å². The van der Waals surface area contributed by atoms with E-state index in [1.54, 1.807) is 16.0 Å². The minimum Gasteiger partial charge on any atom is -0.351 e. The zero-order valence-corrected chi connectivity index (χ0v) is 7.85. The van der Waals surface area contributed by atoms with Gasteiger partial charge in [-0.1, -0.05) is 0 Å². The van der Waals surface area contributed by atoms with Crippen LogP contribution in [0.15, 0.2) is 0 Å². The third-order valence-electron chi connectivity index (χ3n) is 0.675. The second kappa shape index (κ2) is 8.74. The number of amides is 9. The van der Waals surface area contributed by atoms with Gasteiger partial charge in [0.25, 0.3) is 0 Å². The number of hydrogen-bond donors (Lipinski definition) is 6. The zero-order chi connectivity index (χ0) is 13.1. The number of primary amides is 3. The van der Waals surface area contributed by atoms with E-state index in [4.69, 9.17) is 0 Å². The van der Waals surface area contributed by atoms with Crippen LogP contribution in [0.25, 0.3) is 0 Å². The Morgan fingerprint density at radius 3 is 1.31 bits per heavy atom. The van der Waals surface area contributed by atoms with Gasteiger partial charge in [0, 0.05) is 0 Å². The molecule has 0 aliphatic carbocycles. The summed E-state index contributed by atoms with van der Waals surface area (Å²) in [6, 6.07) is -3.98. The van der Waals surface area contributed by atoms with Gasteiger partial charge in [0.05, 0.1) is 0 Å². The molecule has 0 heterocycles. The van der Waals surface area contributed by atoms with Gasteiger partial charge in [0.15, 0.2) is 0 Å². The largest absolute Gasteiger partial charge is 0.351 e. The third-order valence-corrected chi connectivity index (χ3v) is 0.675. The van der Waals surface area contributed by atoms with Gasteiger partial charge in [-0.3, -0.25) is 20.7 Å². The Hall–Kier alpha value is -2.85. The van der Waals surface area contributed by atoms with Crippen LogP contribution in [0, 0.1) is 0 Å². The fourth-order valence-electron chi connectivity index (χ4n) is 0.313. The molecule has 0 rings (SSSR count). The molecule has 11 nitrogen and oxygen atoms in total. The highest BCUT2D eigenvalue weighted by molar-refractivity contribution is 6.00. The van der Waals surface area contributed by atoms with Crippen LogP contribution in [-0.2, 0) is 4.79 Å². The van der Waals surface area contributed by atoms with Gasteiger partial charge in [-0.2, -0.15) is 0 Å². The second-order valence-electron chi connectivity index (χ2n) is 1.93. The molecule has 0 unspecified atom stereocenters. The SMILES string of the molecule is NC(=O)NC(=O)NC(N)=O.NC(=O)NC=O. The molecule has 9 N–H and O–H groups in total. The zero-order valence-electron chi connectivity index (χ0n) is 7.85. The van der Waals surface area contributed by atoms with Gasteiger partial charge in [-0.05, 0) is 0 Å². The molecular formula is C5H10N6O5. The van der Waals surface area contributed by atoms with E-state index in [1.165, 1.54) is 0 Å². The first-order valence-corrected chi connectivity index (χ1v) is 3.46. The van der Waals surface area contributed by atoms with E-state index in [9.17, 15) is 24.0 Å². The molecule has 0 aromatic carbocycles. The lowest BCUT2D eigenvalue weighted by molar-refractivity contribution is -0.108. The Bertz CT molecular complexity index is 284. The monoisotopic (exact) mass is 234 g/mol. The van der Waals surface area contributed by atoms with Crippen LogP contribution >= 0.6 is 0 Å². The Labute approximate surface area is 88.7 Å². The van der Waals surface area contributed by atoms with Crippen molar-refractivity contribution in [2.75, 3.05) is 0 Å². The summed E-state index contributed by atoms with van der Waals surface area (Å²) in [5.74, 6) is 0. The molecule has 9 amide bonds. The predicted molar refractivity (Wildman–Crippen MR) is 49.6 cm³/mol. The maximum absolute atomic E-state index is 10.2. The first kappa shape index (κ1) is 15.6. The maximum atomic E-state index is 10.2. The van der Waals surface area contributed by atoms with Crippen LogP contribution < -0.4 is 33.2 Å². The first-order chi connectivity index (χ1) is 7.29. The van der Waals surface area contributed by atoms with Crippen LogP contribution in [0.3, 0.4) is 0 Å². The highest BCUT2D eigenvalue weighted by Gasteiger charge is 2.03. The fourth-order valence-corrected chi connectivity index (χ4v) is 0.313. The van der Waals surface area contributed by atoms with Crippen molar-refractivity contribution < 1.29 is 24.0 Å². The van der Waals surface area contributed by atoms with Gasteiger partial charge in [-0.15, -0.1) is 0 Å². The van der Waals surface area contributed by atoms with Crippen LogP contribution in [0.4, 0.5) is 19.2 Å². The van der Waals surface area contributed by atoms with E-state index in [-0.39, 0.29) is 6.41 Å². The molecule has 11 heteroatoms. The molecule has 0 saturated carbocycles. The molecule has 0 bridgehead atoms. The lowest BCUT2D eigenvalue weighted by atomic mass is 10.8. The van der Waals surface area contributed by atoms with Crippen LogP contribution in [-0.4, -0.2) is 30.5 Å². The lowest BCUT2D eigenvalue weighted by Crippen LogP contribution is -2.46. The van der Waals surface area contributed by atoms with Gasteiger partial charge in [0.1, 0.15) is 0 Å². The molecule has 0 atom stereocenters. The summed E-state index contributed by atoms with van der Waals surface area (Å²) in [6.45, 7) is 0. The van der Waals surface area contributed by atoms with Crippen molar-refractivity contribution in [1.29, 1.82) is 0 Å². The molecule has 0 spiro atoms. The summed E-state index contributed by atoms with van der Waals surface area (Å²) < 4.78 is 0. The third kappa shape index (κ3) is 17.3. The van der Waals surface area contributed by atoms with E-state index in [0.717, 1.165) is 0 Å². The van der Waals surface area contributed by atoms with Crippen LogP contribution in [0.2, 0.25) is 0 Å². The Morgan fingerprint density at radius 1 is 0.812 bits per heavy atom. The maximum Gasteiger partial charge on any atom is 0.330 e. The summed E-state index contributed by atoms with van der Waals surface area (Å²) in [6.07, 6.45) is 0.225. The number of rotatable bonds is 1. The molecular weight excluding hydrogens is 224 g/mol. The quantitative estimate of drug-likeness (QED) is 0.266. The lowest BCUT2D eigenvalue weighted by Gasteiger charge is -1.97. The summed E-state index contributed by atoms with van der Waals surface area (Å²) in [4.78, 5) is 48.7. The smallest absolute Gasteiger partial charge is 0.330 e. The van der Waals surface area contributed by atoms with Crippen molar-refractivity contribution in [3.63, 3.8) is 0 Å². The van der Waals surface area contributed by atoms with E-state index in [0.29, 0.717) is 0 Å². The van der Waals surface area contributed by atoms with E-state index in [2.05, 4.69) is 17.2 Å². The highest BCUT2D eigenvalue weighted by atomic mass is 16.2. The van der Waals surface area contributed by atoms with Gasteiger partial charge >= 0.3 is 24.1 Å². The summed E-state index contributed by atoms with van der Waals surface area (Å²) in [7, 11) is 0. The molecule has 0 radical (unpaired) electrons. The number of carbonyl (C=O) groups is 5. The molecule has 0 fully saturated rings. The van der Waals surface area contributed by atoms with Gasteiger partial charge in [-0.25, -0.2) is 19.2 Å².